The van der Waals surface area contributed by atoms with E-state index < -0.39 is 0 Å². The van der Waals surface area contributed by atoms with Crippen molar-refractivity contribution in [2.45, 2.75) is 18.8 Å². The van der Waals surface area contributed by atoms with Gasteiger partial charge in [-0.2, -0.15) is 0 Å². The minimum Gasteiger partial charge on any atom is -0.384 e. The van der Waals surface area contributed by atoms with Crippen LogP contribution in [0.25, 0.3) is 0 Å². The van der Waals surface area contributed by atoms with E-state index in [4.69, 9.17) is 10.5 Å². The Morgan fingerprint density at radius 1 is 1.31 bits per heavy atom. The van der Waals surface area contributed by atoms with E-state index in [0.29, 0.717) is 11.8 Å². The van der Waals surface area contributed by atoms with Crippen LogP contribution >= 0.6 is 11.3 Å². The number of benzene rings is 1. The highest BCUT2D eigenvalue weighted by atomic mass is 32.1. The Kier molecular flexibility index (Phi) is 5.53. The molecule has 2 aliphatic rings. The maximum atomic E-state index is 6.14. The minimum absolute atomic E-state index is 0.559. The van der Waals surface area contributed by atoms with Gasteiger partial charge in [0.05, 0.1) is 23.8 Å². The first-order valence-electron chi connectivity index (χ1n) is 9.35. The zero-order valence-electron chi connectivity index (χ0n) is 15.0. The fraction of sp³-hybridized carbons (Fsp3) is 0.450. The number of hydrogen-bond donors (Lipinski definition) is 2. The molecule has 4 rings (SSSR count). The molecule has 1 unspecified atom stereocenters. The van der Waals surface area contributed by atoms with Crippen LogP contribution < -0.4 is 11.1 Å². The van der Waals surface area contributed by atoms with Crippen LogP contribution in [0.3, 0.4) is 0 Å². The third-order valence-corrected chi connectivity index (χ3v) is 6.06. The van der Waals surface area contributed by atoms with Crippen molar-refractivity contribution in [2.75, 3.05) is 44.7 Å². The molecule has 1 aromatic carbocycles. The van der Waals surface area contributed by atoms with Gasteiger partial charge in [-0.25, -0.2) is 4.99 Å². The molecule has 3 N–H and O–H groups in total. The Balaban J connectivity index is 1.40. The third kappa shape index (κ3) is 4.09. The second kappa shape index (κ2) is 8.20. The molecule has 138 valence electrons. The van der Waals surface area contributed by atoms with Gasteiger partial charge in [0, 0.05) is 31.2 Å². The number of aliphatic imine (C=N–C) groups is 1. The van der Waals surface area contributed by atoms with Crippen molar-refractivity contribution in [3.8, 4) is 0 Å². The molecule has 0 bridgehead atoms. The van der Waals surface area contributed by atoms with E-state index >= 15 is 0 Å². The zero-order chi connectivity index (χ0) is 17.8. The van der Waals surface area contributed by atoms with Gasteiger partial charge in [-0.05, 0) is 54.6 Å². The Labute approximate surface area is 158 Å². The van der Waals surface area contributed by atoms with E-state index in [1.54, 1.807) is 11.3 Å². The first-order valence-corrected chi connectivity index (χ1v) is 10.2. The van der Waals surface area contributed by atoms with Crippen molar-refractivity contribution >= 4 is 28.5 Å². The molecule has 1 fully saturated rings. The van der Waals surface area contributed by atoms with Crippen LogP contribution in [0.2, 0.25) is 0 Å². The number of anilines is 1. The van der Waals surface area contributed by atoms with E-state index in [1.165, 1.54) is 30.6 Å². The number of nitrogens with one attached hydrogen (secondary N) is 1. The number of nitrogens with zero attached hydrogens (tertiary/aromatic N) is 2. The van der Waals surface area contributed by atoms with Gasteiger partial charge in [-0.15, -0.1) is 11.3 Å². The molecule has 1 atom stereocenters. The van der Waals surface area contributed by atoms with Crippen molar-refractivity contribution in [2.24, 2.45) is 10.7 Å². The molecule has 0 radical (unpaired) electrons. The van der Waals surface area contributed by atoms with Crippen molar-refractivity contribution in [1.29, 1.82) is 0 Å². The Morgan fingerprint density at radius 2 is 2.19 bits per heavy atom. The second-order valence-electron chi connectivity index (χ2n) is 6.92. The summed E-state index contributed by atoms with van der Waals surface area (Å²) in [6.45, 7) is 6.08. The number of morpholine rings is 1. The topological polar surface area (TPSA) is 62.9 Å². The van der Waals surface area contributed by atoms with Crippen molar-refractivity contribution in [3.63, 3.8) is 0 Å². The summed E-state index contributed by atoms with van der Waals surface area (Å²) in [4.78, 5) is 8.15. The van der Waals surface area contributed by atoms with Gasteiger partial charge >= 0.3 is 0 Å². The molecule has 6 heteroatoms. The van der Waals surface area contributed by atoms with Gasteiger partial charge in [0.2, 0.25) is 0 Å². The molecule has 26 heavy (non-hydrogen) atoms. The maximum Gasteiger partial charge on any atom is 0.141 e. The van der Waals surface area contributed by atoms with E-state index in [0.717, 1.165) is 43.4 Å². The van der Waals surface area contributed by atoms with Gasteiger partial charge in [0.1, 0.15) is 5.84 Å². The summed E-state index contributed by atoms with van der Waals surface area (Å²) in [5.41, 5.74) is 9.71. The first-order chi connectivity index (χ1) is 12.8. The number of thiophene rings is 1. The standard InChI is InChI=1S/C20H26N4OS/c21-20(19-4-2-12-26-19)23-16-5-6-18-17(13-16)15(14-22-18)3-1-7-24-8-10-25-11-9-24/h2,4-6,12-13,15,22H,1,3,7-11,14H2,(H2,21,23). The monoisotopic (exact) mass is 370 g/mol. The lowest BCUT2D eigenvalue weighted by molar-refractivity contribution is 0.0370. The minimum atomic E-state index is 0.559. The number of amidine groups is 1. The molecular formula is C20H26N4OS. The predicted octanol–water partition coefficient (Wildman–Crippen LogP) is 3.41. The molecule has 1 aromatic heterocycles. The quantitative estimate of drug-likeness (QED) is 0.604. The van der Waals surface area contributed by atoms with E-state index in [2.05, 4.69) is 27.3 Å². The summed E-state index contributed by atoms with van der Waals surface area (Å²) >= 11 is 1.62. The molecular weight excluding hydrogens is 344 g/mol. The largest absolute Gasteiger partial charge is 0.384 e. The molecule has 0 aliphatic carbocycles. The van der Waals surface area contributed by atoms with Crippen LogP contribution in [0.5, 0.6) is 0 Å². The normalized spacial score (nSPS) is 20.8. The molecule has 0 saturated carbocycles. The highest BCUT2D eigenvalue weighted by molar-refractivity contribution is 7.12. The zero-order valence-corrected chi connectivity index (χ0v) is 15.8. The van der Waals surface area contributed by atoms with Crippen LogP contribution in [-0.4, -0.2) is 50.1 Å². The molecule has 3 heterocycles. The maximum absolute atomic E-state index is 6.14. The van der Waals surface area contributed by atoms with Crippen LogP contribution in [0.15, 0.2) is 40.7 Å². The summed E-state index contributed by atoms with van der Waals surface area (Å²) in [7, 11) is 0. The number of hydrogen-bond acceptors (Lipinski definition) is 5. The van der Waals surface area contributed by atoms with E-state index in [9.17, 15) is 0 Å². The average Bonchev–Trinajstić information content (AvgIpc) is 3.33. The number of nitrogens with two attached hydrogens (primary N) is 1. The molecule has 0 amide bonds. The van der Waals surface area contributed by atoms with Gasteiger partial charge in [0.15, 0.2) is 0 Å². The smallest absolute Gasteiger partial charge is 0.141 e. The Hall–Kier alpha value is -1.89. The summed E-state index contributed by atoms with van der Waals surface area (Å²) in [6.07, 6.45) is 2.42. The van der Waals surface area contributed by atoms with Gasteiger partial charge in [0.25, 0.3) is 0 Å². The van der Waals surface area contributed by atoms with Gasteiger partial charge in [-0.1, -0.05) is 6.07 Å². The van der Waals surface area contributed by atoms with E-state index in [1.807, 2.05) is 23.6 Å². The number of rotatable bonds is 6. The summed E-state index contributed by atoms with van der Waals surface area (Å²) < 4.78 is 5.42. The Bertz CT molecular complexity index is 753. The van der Waals surface area contributed by atoms with E-state index in [-0.39, 0.29) is 0 Å². The Morgan fingerprint density at radius 3 is 3.00 bits per heavy atom. The molecule has 5 nitrogen and oxygen atoms in total. The highest BCUT2D eigenvalue weighted by Gasteiger charge is 2.22. The molecule has 0 spiro atoms. The lowest BCUT2D eigenvalue weighted by atomic mass is 9.95. The van der Waals surface area contributed by atoms with Crippen LogP contribution in [0.4, 0.5) is 11.4 Å². The first kappa shape index (κ1) is 17.5. The molecule has 1 saturated heterocycles. The molecule has 2 aliphatic heterocycles. The van der Waals surface area contributed by atoms with Crippen LogP contribution in [0.1, 0.15) is 29.2 Å². The number of fused-ring (bicyclic) bond motifs is 1. The van der Waals surface area contributed by atoms with Crippen LogP contribution in [0, 0.1) is 0 Å². The van der Waals surface area contributed by atoms with Gasteiger partial charge in [-0.3, -0.25) is 4.90 Å². The van der Waals surface area contributed by atoms with Crippen molar-refractivity contribution in [1.82, 2.24) is 4.90 Å². The van der Waals surface area contributed by atoms with Crippen molar-refractivity contribution < 1.29 is 4.74 Å². The highest BCUT2D eigenvalue weighted by Crippen LogP contribution is 2.37. The SMILES string of the molecule is NC(=Nc1ccc2c(c1)C(CCCN1CCOCC1)CN2)c1cccs1. The average molecular weight is 371 g/mol. The van der Waals surface area contributed by atoms with Gasteiger partial charge < -0.3 is 15.8 Å². The summed E-state index contributed by atoms with van der Waals surface area (Å²) in [5.74, 6) is 1.15. The lowest BCUT2D eigenvalue weighted by Gasteiger charge is -2.26. The predicted molar refractivity (Wildman–Crippen MR) is 109 cm³/mol. The summed E-state index contributed by atoms with van der Waals surface area (Å²) in [6, 6.07) is 10.4. The second-order valence-corrected chi connectivity index (χ2v) is 7.87. The molecule has 2 aromatic rings. The lowest BCUT2D eigenvalue weighted by Crippen LogP contribution is -2.36. The van der Waals surface area contributed by atoms with Crippen LogP contribution in [-0.2, 0) is 4.74 Å². The fourth-order valence-electron chi connectivity index (χ4n) is 3.72. The summed E-state index contributed by atoms with van der Waals surface area (Å²) in [5, 5.41) is 5.56. The number of ether oxygens (including phenoxy) is 1. The fourth-order valence-corrected chi connectivity index (χ4v) is 4.35. The van der Waals surface area contributed by atoms with Crippen molar-refractivity contribution in [3.05, 3.63) is 46.2 Å². The third-order valence-electron chi connectivity index (χ3n) is 5.17.